The average molecular weight is 378 g/mol. The van der Waals surface area contributed by atoms with Crippen LogP contribution in [0.4, 0.5) is 5.69 Å². The number of carboxylic acids is 1. The van der Waals surface area contributed by atoms with Gasteiger partial charge < -0.3 is 21.5 Å². The van der Waals surface area contributed by atoms with Gasteiger partial charge in [0.25, 0.3) is 0 Å². The summed E-state index contributed by atoms with van der Waals surface area (Å²) in [5.74, 6) is -1.14. The number of ketones is 1. The zero-order chi connectivity index (χ0) is 20.1. The predicted molar refractivity (Wildman–Crippen MR) is 109 cm³/mol. The Balaban J connectivity index is 1.95. The number of carbonyl (C=O) groups excluding carboxylic acids is 1. The van der Waals surface area contributed by atoms with Crippen molar-refractivity contribution in [3.63, 3.8) is 0 Å². The maximum absolute atomic E-state index is 12.9. The Hall–Kier alpha value is -3.61. The Morgan fingerprint density at radius 1 is 1.18 bits per heavy atom. The number of rotatable bonds is 6. The molecule has 0 bridgehead atoms. The molecule has 0 aromatic heterocycles. The van der Waals surface area contributed by atoms with Gasteiger partial charge in [0.05, 0.1) is 17.8 Å². The number of Topliss-reactive ketones (excluding diaryl/α,β-unsaturated/α-hetero) is 1. The Kier molecular flexibility index (Phi) is 5.74. The summed E-state index contributed by atoms with van der Waals surface area (Å²) in [5.41, 5.74) is 7.87. The molecule has 0 unspecified atom stereocenters. The summed E-state index contributed by atoms with van der Waals surface area (Å²) in [6, 6.07) is 13.8. The van der Waals surface area contributed by atoms with E-state index in [0.29, 0.717) is 29.3 Å². The van der Waals surface area contributed by atoms with E-state index in [1.165, 1.54) is 0 Å². The summed E-state index contributed by atoms with van der Waals surface area (Å²) in [5, 5.41) is 15.8. The molecule has 0 fully saturated rings. The molecular weight excluding hydrogens is 356 g/mol. The van der Waals surface area contributed by atoms with E-state index in [-0.39, 0.29) is 11.3 Å². The molecule has 5 N–H and O–H groups in total. The number of nitrogens with zero attached hydrogens (tertiary/aromatic N) is 1. The third-order valence-corrected chi connectivity index (χ3v) is 4.41. The van der Waals surface area contributed by atoms with Gasteiger partial charge in [-0.05, 0) is 29.7 Å². The summed E-state index contributed by atoms with van der Waals surface area (Å²) < 4.78 is 0. The van der Waals surface area contributed by atoms with Gasteiger partial charge in [-0.3, -0.25) is 9.79 Å². The van der Waals surface area contributed by atoms with Crippen LogP contribution in [0.5, 0.6) is 0 Å². The maximum atomic E-state index is 12.9. The van der Waals surface area contributed by atoms with Crippen molar-refractivity contribution in [3.05, 3.63) is 70.9 Å². The zero-order valence-corrected chi connectivity index (χ0v) is 15.5. The summed E-state index contributed by atoms with van der Waals surface area (Å²) in [4.78, 5) is 29.0. The SMILES string of the molecule is CCc1cccc(C(C(=O)O)=C(N)C(=O)c2cccc(NC3=NCCN3)c2)c1. The second kappa shape index (κ2) is 8.39. The lowest BCUT2D eigenvalue weighted by Crippen LogP contribution is -2.26. The number of nitrogens with two attached hydrogens (primary N) is 1. The molecule has 28 heavy (non-hydrogen) atoms. The fourth-order valence-electron chi connectivity index (χ4n) is 2.97. The van der Waals surface area contributed by atoms with E-state index in [4.69, 9.17) is 5.73 Å². The Morgan fingerprint density at radius 2 is 1.93 bits per heavy atom. The highest BCUT2D eigenvalue weighted by molar-refractivity contribution is 6.25. The Labute approximate surface area is 163 Å². The van der Waals surface area contributed by atoms with Crippen molar-refractivity contribution >= 4 is 29.0 Å². The molecule has 0 radical (unpaired) electrons. The lowest BCUT2D eigenvalue weighted by atomic mass is 9.97. The van der Waals surface area contributed by atoms with Gasteiger partial charge >= 0.3 is 5.97 Å². The largest absolute Gasteiger partial charge is 0.478 e. The van der Waals surface area contributed by atoms with Gasteiger partial charge in [0.2, 0.25) is 5.78 Å². The predicted octanol–water partition coefficient (Wildman–Crippen LogP) is 2.26. The van der Waals surface area contributed by atoms with Crippen LogP contribution >= 0.6 is 0 Å². The minimum Gasteiger partial charge on any atom is -0.478 e. The highest BCUT2D eigenvalue weighted by atomic mass is 16.4. The van der Waals surface area contributed by atoms with E-state index in [9.17, 15) is 14.7 Å². The van der Waals surface area contributed by atoms with Gasteiger partial charge in [-0.1, -0.05) is 43.3 Å². The van der Waals surface area contributed by atoms with Crippen molar-refractivity contribution in [2.24, 2.45) is 10.7 Å². The van der Waals surface area contributed by atoms with Gasteiger partial charge in [0.1, 0.15) is 0 Å². The molecule has 2 aromatic carbocycles. The number of nitrogens with one attached hydrogen (secondary N) is 2. The van der Waals surface area contributed by atoms with E-state index in [0.717, 1.165) is 18.5 Å². The van der Waals surface area contributed by atoms with Crippen molar-refractivity contribution in [1.29, 1.82) is 0 Å². The second-order valence-electron chi connectivity index (χ2n) is 6.34. The molecule has 1 aliphatic heterocycles. The van der Waals surface area contributed by atoms with Gasteiger partial charge in [-0.25, -0.2) is 4.79 Å². The van der Waals surface area contributed by atoms with Crippen LogP contribution in [0, 0.1) is 0 Å². The molecule has 7 heteroatoms. The number of aliphatic carboxylic acids is 1. The van der Waals surface area contributed by atoms with Crippen LogP contribution in [-0.4, -0.2) is 35.9 Å². The summed E-state index contributed by atoms with van der Waals surface area (Å²) in [6.45, 7) is 3.42. The number of hydrogen-bond acceptors (Lipinski definition) is 6. The van der Waals surface area contributed by atoms with Gasteiger partial charge in [-0.2, -0.15) is 0 Å². The van der Waals surface area contributed by atoms with Crippen molar-refractivity contribution in [1.82, 2.24) is 5.32 Å². The highest BCUT2D eigenvalue weighted by Gasteiger charge is 2.21. The quantitative estimate of drug-likeness (QED) is 0.452. The first-order chi connectivity index (χ1) is 13.5. The van der Waals surface area contributed by atoms with Gasteiger partial charge in [-0.15, -0.1) is 0 Å². The molecule has 0 atom stereocenters. The summed E-state index contributed by atoms with van der Waals surface area (Å²) in [7, 11) is 0. The number of guanidine groups is 1. The smallest absolute Gasteiger partial charge is 0.338 e. The topological polar surface area (TPSA) is 117 Å². The number of benzene rings is 2. The fourth-order valence-corrected chi connectivity index (χ4v) is 2.97. The van der Waals surface area contributed by atoms with Crippen LogP contribution in [0.25, 0.3) is 5.57 Å². The lowest BCUT2D eigenvalue weighted by molar-refractivity contribution is -0.130. The number of carboxylic acid groups (broad SMARTS) is 1. The van der Waals surface area contributed by atoms with Crippen molar-refractivity contribution in [2.75, 3.05) is 18.4 Å². The molecule has 0 saturated carbocycles. The van der Waals surface area contributed by atoms with E-state index in [1.54, 1.807) is 42.5 Å². The van der Waals surface area contributed by atoms with Crippen LogP contribution in [0.1, 0.15) is 28.4 Å². The summed E-state index contributed by atoms with van der Waals surface area (Å²) >= 11 is 0. The second-order valence-corrected chi connectivity index (χ2v) is 6.34. The number of anilines is 1. The van der Waals surface area contributed by atoms with Crippen molar-refractivity contribution in [3.8, 4) is 0 Å². The van der Waals surface area contributed by atoms with E-state index < -0.39 is 11.8 Å². The Bertz CT molecular complexity index is 979. The number of aliphatic imine (C=N–C) groups is 1. The molecule has 0 aliphatic carbocycles. The number of hydrogen-bond donors (Lipinski definition) is 4. The first-order valence-electron chi connectivity index (χ1n) is 9.02. The van der Waals surface area contributed by atoms with Crippen LogP contribution in [0.15, 0.2) is 59.2 Å². The highest BCUT2D eigenvalue weighted by Crippen LogP contribution is 2.22. The standard InChI is InChI=1S/C21H22N4O3/c1-2-13-5-3-6-14(11-13)17(20(27)28)18(22)19(26)15-7-4-8-16(12-15)25-21-23-9-10-24-21/h3-8,11-12H,2,9-10,22H2,1H3,(H,27,28)(H2,23,24,25). The summed E-state index contributed by atoms with van der Waals surface area (Å²) in [6.07, 6.45) is 0.750. The first-order valence-corrected chi connectivity index (χ1v) is 9.02. The molecule has 7 nitrogen and oxygen atoms in total. The monoisotopic (exact) mass is 378 g/mol. The number of carbonyl (C=O) groups is 2. The maximum Gasteiger partial charge on any atom is 0.338 e. The molecule has 3 rings (SSSR count). The molecule has 1 aliphatic rings. The van der Waals surface area contributed by atoms with Crippen LogP contribution in [0.3, 0.4) is 0 Å². The zero-order valence-electron chi connectivity index (χ0n) is 15.5. The van der Waals surface area contributed by atoms with Crippen molar-refractivity contribution in [2.45, 2.75) is 13.3 Å². The lowest BCUT2D eigenvalue weighted by Gasteiger charge is -2.11. The Morgan fingerprint density at radius 3 is 2.61 bits per heavy atom. The third-order valence-electron chi connectivity index (χ3n) is 4.41. The average Bonchev–Trinajstić information content (AvgIpc) is 3.20. The molecule has 144 valence electrons. The van der Waals surface area contributed by atoms with E-state index in [2.05, 4.69) is 15.6 Å². The molecule has 2 aromatic rings. The third kappa shape index (κ3) is 4.20. The molecule has 0 spiro atoms. The van der Waals surface area contributed by atoms with Crippen molar-refractivity contribution < 1.29 is 14.7 Å². The first kappa shape index (κ1) is 19.2. The van der Waals surface area contributed by atoms with Gasteiger partial charge in [0.15, 0.2) is 5.96 Å². The molecule has 1 heterocycles. The number of allylic oxidation sites excluding steroid dienone is 1. The van der Waals surface area contributed by atoms with E-state index >= 15 is 0 Å². The minimum atomic E-state index is -1.24. The molecule has 0 amide bonds. The van der Waals surface area contributed by atoms with Crippen LogP contribution in [-0.2, 0) is 11.2 Å². The van der Waals surface area contributed by atoms with Crippen LogP contribution < -0.4 is 16.4 Å². The molecular formula is C21H22N4O3. The number of aryl methyl sites for hydroxylation is 1. The fraction of sp³-hybridized carbons (Fsp3) is 0.190. The minimum absolute atomic E-state index is 0.194. The van der Waals surface area contributed by atoms with Gasteiger partial charge in [0, 0.05) is 17.8 Å². The normalized spacial score (nSPS) is 14.0. The molecule has 0 saturated heterocycles. The van der Waals surface area contributed by atoms with Crippen LogP contribution in [0.2, 0.25) is 0 Å². The van der Waals surface area contributed by atoms with E-state index in [1.807, 2.05) is 13.0 Å².